The number of hydrogen-bond donors (Lipinski definition) is 3. The number of hydrogen-bond acceptors (Lipinski definition) is 7. The van der Waals surface area contributed by atoms with Crippen molar-refractivity contribution in [3.63, 3.8) is 0 Å². The third-order valence-electron chi connectivity index (χ3n) is 3.26. The molecule has 0 atom stereocenters. The molecule has 0 aliphatic heterocycles. The molecule has 26 heavy (non-hydrogen) atoms. The quantitative estimate of drug-likeness (QED) is 0.428. The summed E-state index contributed by atoms with van der Waals surface area (Å²) in [5.41, 5.74) is 3.42. The number of aromatic nitrogens is 4. The van der Waals surface area contributed by atoms with Gasteiger partial charge in [-0.1, -0.05) is 30.3 Å². The Hall–Kier alpha value is -3.27. The highest BCUT2D eigenvalue weighted by atomic mass is 79.9. The molecule has 0 bridgehead atoms. The summed E-state index contributed by atoms with van der Waals surface area (Å²) in [6.07, 6.45) is 1.25. The lowest BCUT2D eigenvalue weighted by atomic mass is 10.2. The van der Waals surface area contributed by atoms with E-state index in [0.717, 1.165) is 16.4 Å². The average molecular weight is 417 g/mol. The van der Waals surface area contributed by atoms with Crippen molar-refractivity contribution in [1.82, 2.24) is 25.6 Å². The molecule has 1 heterocycles. The number of carbonyl (C=O) groups is 1. The second-order valence-corrected chi connectivity index (χ2v) is 6.02. The van der Waals surface area contributed by atoms with Crippen molar-refractivity contribution in [3.05, 3.63) is 52.5 Å². The lowest BCUT2D eigenvalue weighted by Crippen LogP contribution is -2.24. The van der Waals surface area contributed by atoms with E-state index in [0.29, 0.717) is 15.9 Å². The summed E-state index contributed by atoms with van der Waals surface area (Å²) in [4.78, 5) is 13.0. The van der Waals surface area contributed by atoms with Gasteiger partial charge in [-0.3, -0.25) is 4.79 Å². The van der Waals surface area contributed by atoms with Crippen LogP contribution in [0.4, 0.5) is 0 Å². The maximum absolute atomic E-state index is 11.9. The van der Waals surface area contributed by atoms with Crippen molar-refractivity contribution < 1.29 is 15.0 Å². The Morgan fingerprint density at radius 3 is 2.77 bits per heavy atom. The van der Waals surface area contributed by atoms with Crippen LogP contribution in [0.2, 0.25) is 0 Å². The van der Waals surface area contributed by atoms with E-state index in [-0.39, 0.29) is 18.0 Å². The van der Waals surface area contributed by atoms with Crippen LogP contribution in [-0.4, -0.2) is 42.5 Å². The number of aromatic hydroxyl groups is 2. The van der Waals surface area contributed by atoms with Gasteiger partial charge in [-0.15, -0.1) is 10.2 Å². The van der Waals surface area contributed by atoms with Gasteiger partial charge in [-0.25, -0.2) is 5.43 Å². The number of phenols is 2. The molecule has 0 saturated heterocycles. The summed E-state index contributed by atoms with van der Waals surface area (Å²) >= 11 is 3.13. The first kappa shape index (κ1) is 17.5. The maximum atomic E-state index is 11.9. The molecule has 10 heteroatoms. The summed E-state index contributed by atoms with van der Waals surface area (Å²) in [5, 5.41) is 34.8. The minimum atomic E-state index is -0.462. The molecule has 9 nitrogen and oxygen atoms in total. The molecule has 0 unspecified atom stereocenters. The van der Waals surface area contributed by atoms with Crippen molar-refractivity contribution in [3.8, 4) is 22.9 Å². The van der Waals surface area contributed by atoms with Crippen LogP contribution >= 0.6 is 15.9 Å². The van der Waals surface area contributed by atoms with Gasteiger partial charge in [-0.05, 0) is 27.2 Å². The molecule has 0 aliphatic carbocycles. The Morgan fingerprint density at radius 2 is 2.00 bits per heavy atom. The zero-order chi connectivity index (χ0) is 18.5. The molecule has 0 spiro atoms. The van der Waals surface area contributed by atoms with Gasteiger partial charge < -0.3 is 10.2 Å². The van der Waals surface area contributed by atoms with Gasteiger partial charge in [0.05, 0.1) is 10.7 Å². The molecule has 3 N–H and O–H groups in total. The Kier molecular flexibility index (Phi) is 5.23. The third-order valence-corrected chi connectivity index (χ3v) is 3.89. The molecule has 3 aromatic rings. The topological polar surface area (TPSA) is 126 Å². The third kappa shape index (κ3) is 4.22. The van der Waals surface area contributed by atoms with Crippen molar-refractivity contribution >= 4 is 28.1 Å². The second kappa shape index (κ2) is 7.74. The van der Waals surface area contributed by atoms with Gasteiger partial charge in [0.1, 0.15) is 18.0 Å². The summed E-state index contributed by atoms with van der Waals surface area (Å²) < 4.78 is 0.392. The number of carbonyl (C=O) groups excluding carboxylic acids is 1. The van der Waals surface area contributed by atoms with Crippen molar-refractivity contribution in [2.75, 3.05) is 0 Å². The molecule has 1 amide bonds. The minimum Gasteiger partial charge on any atom is -0.507 e. The van der Waals surface area contributed by atoms with Gasteiger partial charge in [-0.2, -0.15) is 9.90 Å². The number of nitrogens with zero attached hydrogens (tertiary/aromatic N) is 5. The molecule has 1 aromatic heterocycles. The van der Waals surface area contributed by atoms with E-state index in [1.165, 1.54) is 12.3 Å². The summed E-state index contributed by atoms with van der Waals surface area (Å²) in [6, 6.07) is 11.9. The average Bonchev–Trinajstić information content (AvgIpc) is 3.08. The molecule has 2 aromatic carbocycles. The largest absolute Gasteiger partial charge is 0.507 e. The molecular weight excluding hydrogens is 404 g/mol. The van der Waals surface area contributed by atoms with Crippen molar-refractivity contribution in [2.24, 2.45) is 5.10 Å². The zero-order valence-corrected chi connectivity index (χ0v) is 14.8. The summed E-state index contributed by atoms with van der Waals surface area (Å²) in [5.74, 6) is -0.319. The summed E-state index contributed by atoms with van der Waals surface area (Å²) in [7, 11) is 0. The predicted octanol–water partition coefficient (Wildman–Crippen LogP) is 1.66. The smallest absolute Gasteiger partial charge is 0.263 e. The molecule has 3 rings (SSSR count). The minimum absolute atomic E-state index is 0.102. The van der Waals surface area contributed by atoms with E-state index in [9.17, 15) is 15.0 Å². The first-order valence-electron chi connectivity index (χ1n) is 7.39. The first-order chi connectivity index (χ1) is 12.5. The van der Waals surface area contributed by atoms with Crippen LogP contribution in [0.3, 0.4) is 0 Å². The fraction of sp³-hybridized carbons (Fsp3) is 0.0625. The van der Waals surface area contributed by atoms with E-state index in [2.05, 4.69) is 41.9 Å². The lowest BCUT2D eigenvalue weighted by molar-refractivity contribution is -0.122. The van der Waals surface area contributed by atoms with Gasteiger partial charge in [0, 0.05) is 17.2 Å². The van der Waals surface area contributed by atoms with Crippen LogP contribution in [-0.2, 0) is 11.3 Å². The zero-order valence-electron chi connectivity index (χ0n) is 13.2. The van der Waals surface area contributed by atoms with Gasteiger partial charge in [0.2, 0.25) is 5.82 Å². The maximum Gasteiger partial charge on any atom is 0.263 e. The van der Waals surface area contributed by atoms with Crippen LogP contribution in [0.15, 0.2) is 52.0 Å². The highest BCUT2D eigenvalue weighted by molar-refractivity contribution is 9.10. The van der Waals surface area contributed by atoms with Gasteiger partial charge in [0.15, 0.2) is 0 Å². The predicted molar refractivity (Wildman–Crippen MR) is 96.5 cm³/mol. The van der Waals surface area contributed by atoms with Gasteiger partial charge in [0.25, 0.3) is 5.91 Å². The van der Waals surface area contributed by atoms with Gasteiger partial charge >= 0.3 is 0 Å². The Labute approximate surface area is 156 Å². The van der Waals surface area contributed by atoms with E-state index in [4.69, 9.17) is 0 Å². The Bertz CT molecular complexity index is 958. The number of tetrazole rings is 1. The highest BCUT2D eigenvalue weighted by Crippen LogP contribution is 2.30. The number of benzene rings is 2. The molecule has 0 fully saturated rings. The van der Waals surface area contributed by atoms with Crippen LogP contribution in [0, 0.1) is 0 Å². The normalized spacial score (nSPS) is 11.0. The molecule has 0 saturated carbocycles. The van der Waals surface area contributed by atoms with Crippen molar-refractivity contribution in [2.45, 2.75) is 6.54 Å². The molecule has 0 radical (unpaired) electrons. The lowest BCUT2D eigenvalue weighted by Gasteiger charge is -2.02. The van der Waals surface area contributed by atoms with Crippen LogP contribution in [0.25, 0.3) is 11.4 Å². The second-order valence-electron chi connectivity index (χ2n) is 5.17. The fourth-order valence-corrected chi connectivity index (χ4v) is 2.38. The molecule has 132 valence electrons. The first-order valence-corrected chi connectivity index (χ1v) is 8.19. The monoisotopic (exact) mass is 416 g/mol. The number of nitrogens with one attached hydrogen (secondary N) is 1. The standard InChI is InChI=1S/C16H13BrN6O3/c17-12-6-11(13(24)7-14(12)25)8-18-19-15(26)9-23-21-16(20-22-23)10-4-2-1-3-5-10/h1-8,24-25H,9H2,(H,19,26)/b18-8-. The van der Waals surface area contributed by atoms with E-state index in [1.807, 2.05) is 30.3 Å². The van der Waals surface area contributed by atoms with Crippen LogP contribution in [0.1, 0.15) is 5.56 Å². The Balaban J connectivity index is 1.60. The molecular formula is C16H13BrN6O3. The SMILES string of the molecule is O=C(Cn1nnc(-c2ccccc2)n1)N/N=C\c1cc(Br)c(O)cc1O. The number of amides is 1. The number of phenolic OH excluding ortho intramolecular Hbond substituents is 2. The van der Waals surface area contributed by atoms with E-state index in [1.54, 1.807) is 0 Å². The number of rotatable bonds is 5. The summed E-state index contributed by atoms with van der Waals surface area (Å²) in [6.45, 7) is -0.164. The number of hydrazone groups is 1. The van der Waals surface area contributed by atoms with Crippen LogP contribution < -0.4 is 5.43 Å². The van der Waals surface area contributed by atoms with E-state index < -0.39 is 5.91 Å². The van der Waals surface area contributed by atoms with Crippen LogP contribution in [0.5, 0.6) is 11.5 Å². The van der Waals surface area contributed by atoms with E-state index >= 15 is 0 Å². The Morgan fingerprint density at radius 1 is 1.23 bits per heavy atom. The number of halogens is 1. The fourth-order valence-electron chi connectivity index (χ4n) is 2.02. The highest BCUT2D eigenvalue weighted by Gasteiger charge is 2.09. The van der Waals surface area contributed by atoms with Crippen molar-refractivity contribution in [1.29, 1.82) is 0 Å². The molecule has 0 aliphatic rings.